The Kier molecular flexibility index (Phi) is 5.60. The lowest BCUT2D eigenvalue weighted by atomic mass is 10.0. The van der Waals surface area contributed by atoms with Gasteiger partial charge in [0.15, 0.2) is 0 Å². The van der Waals surface area contributed by atoms with Gasteiger partial charge < -0.3 is 14.8 Å². The van der Waals surface area contributed by atoms with E-state index in [0.29, 0.717) is 16.6 Å². The quantitative estimate of drug-likeness (QED) is 0.665. The molecule has 2 heterocycles. The van der Waals surface area contributed by atoms with Gasteiger partial charge in [-0.1, -0.05) is 35.3 Å². The van der Waals surface area contributed by atoms with Crippen LogP contribution in [0.1, 0.15) is 11.1 Å². The summed E-state index contributed by atoms with van der Waals surface area (Å²) in [6, 6.07) is 11.8. The van der Waals surface area contributed by atoms with Crippen LogP contribution in [-0.4, -0.2) is 47.3 Å². The van der Waals surface area contributed by atoms with Gasteiger partial charge in [-0.2, -0.15) is 0 Å². The third-order valence-electron chi connectivity index (χ3n) is 5.12. The van der Waals surface area contributed by atoms with E-state index in [2.05, 4.69) is 16.0 Å². The highest BCUT2D eigenvalue weighted by Gasteiger charge is 2.20. The lowest BCUT2D eigenvalue weighted by molar-refractivity contribution is 0.0702. The molecule has 0 radical (unpaired) electrons. The van der Waals surface area contributed by atoms with Gasteiger partial charge in [0, 0.05) is 36.7 Å². The lowest BCUT2D eigenvalue weighted by Crippen LogP contribution is -2.37. The monoisotopic (exact) mass is 404 g/mol. The predicted molar refractivity (Wildman–Crippen MR) is 110 cm³/mol. The molecular weight excluding hydrogens is 383 g/mol. The first-order valence-corrected chi connectivity index (χ1v) is 9.92. The van der Waals surface area contributed by atoms with Gasteiger partial charge in [0.1, 0.15) is 18.5 Å². The molecule has 4 rings (SSSR count). The van der Waals surface area contributed by atoms with E-state index in [4.69, 9.17) is 27.9 Å². The minimum absolute atomic E-state index is 0.264. The number of H-pyrrole nitrogens is 1. The summed E-state index contributed by atoms with van der Waals surface area (Å²) >= 11 is 12.5. The standard InChI is InChI=1S/C21H22Cl2N2O2/c22-18-5-4-14-7-10-25(11-8-16(14)21(18)23)12-15(26)13-27-20-3-1-2-19-17(20)6-9-24-19/h1-6,9,15,24,26H,7-8,10-13H2/t15-/m0/s1. The highest BCUT2D eigenvalue weighted by Crippen LogP contribution is 2.31. The maximum Gasteiger partial charge on any atom is 0.128 e. The van der Waals surface area contributed by atoms with E-state index >= 15 is 0 Å². The fourth-order valence-electron chi connectivity index (χ4n) is 3.70. The summed E-state index contributed by atoms with van der Waals surface area (Å²) in [4.78, 5) is 5.43. The first-order chi connectivity index (χ1) is 13.1. The number of hydrogen-bond acceptors (Lipinski definition) is 3. The number of nitrogens with zero attached hydrogens (tertiary/aromatic N) is 1. The smallest absolute Gasteiger partial charge is 0.128 e. The van der Waals surface area contributed by atoms with Crippen LogP contribution in [0.15, 0.2) is 42.6 Å². The van der Waals surface area contributed by atoms with Crippen LogP contribution in [0.2, 0.25) is 10.0 Å². The van der Waals surface area contributed by atoms with Crippen molar-refractivity contribution in [1.82, 2.24) is 9.88 Å². The number of rotatable bonds is 5. The zero-order valence-electron chi connectivity index (χ0n) is 14.9. The van der Waals surface area contributed by atoms with Gasteiger partial charge in [0.05, 0.1) is 10.0 Å². The van der Waals surface area contributed by atoms with E-state index in [9.17, 15) is 5.11 Å². The molecule has 0 aliphatic carbocycles. The largest absolute Gasteiger partial charge is 0.490 e. The first kappa shape index (κ1) is 18.6. The van der Waals surface area contributed by atoms with Crippen LogP contribution >= 0.6 is 23.2 Å². The molecule has 27 heavy (non-hydrogen) atoms. The molecule has 142 valence electrons. The second kappa shape index (κ2) is 8.11. The van der Waals surface area contributed by atoms with Crippen molar-refractivity contribution in [2.24, 2.45) is 0 Å². The lowest BCUT2D eigenvalue weighted by Gasteiger charge is -2.23. The molecule has 1 aromatic heterocycles. The van der Waals surface area contributed by atoms with E-state index in [1.165, 1.54) is 5.56 Å². The van der Waals surface area contributed by atoms with Gasteiger partial charge in [-0.25, -0.2) is 0 Å². The van der Waals surface area contributed by atoms with Crippen LogP contribution in [-0.2, 0) is 12.8 Å². The van der Waals surface area contributed by atoms with Crippen molar-refractivity contribution in [2.45, 2.75) is 18.9 Å². The number of β-amino-alcohol motifs (C(OH)–C–C–N with tert-alkyl or cyclic N) is 1. The molecule has 0 saturated heterocycles. The summed E-state index contributed by atoms with van der Waals surface area (Å²) in [5, 5.41) is 12.8. The van der Waals surface area contributed by atoms with Crippen LogP contribution in [0.3, 0.4) is 0 Å². The number of aliphatic hydroxyl groups excluding tert-OH is 1. The van der Waals surface area contributed by atoms with E-state index < -0.39 is 6.10 Å². The maximum absolute atomic E-state index is 10.5. The number of benzene rings is 2. The molecule has 0 spiro atoms. The second-order valence-electron chi connectivity index (χ2n) is 6.96. The number of fused-ring (bicyclic) bond motifs is 2. The predicted octanol–water partition coefficient (Wildman–Crippen LogP) is 4.32. The number of aromatic amines is 1. The SMILES string of the molecule is O[C@H](COc1cccc2[nH]ccc12)CN1CCc2ccc(Cl)c(Cl)c2CC1. The number of aliphatic hydroxyl groups is 1. The highest BCUT2D eigenvalue weighted by atomic mass is 35.5. The van der Waals surface area contributed by atoms with Crippen molar-refractivity contribution in [3.8, 4) is 5.75 Å². The minimum Gasteiger partial charge on any atom is -0.490 e. The molecule has 1 atom stereocenters. The van der Waals surface area contributed by atoms with Crippen molar-refractivity contribution >= 4 is 34.1 Å². The number of hydrogen-bond donors (Lipinski definition) is 2. The van der Waals surface area contributed by atoms with Gasteiger partial charge in [-0.05, 0) is 48.2 Å². The minimum atomic E-state index is -0.556. The van der Waals surface area contributed by atoms with Gasteiger partial charge in [-0.15, -0.1) is 0 Å². The summed E-state index contributed by atoms with van der Waals surface area (Å²) in [6.07, 6.45) is 3.08. The molecule has 0 saturated carbocycles. The number of nitrogens with one attached hydrogen (secondary N) is 1. The summed E-state index contributed by atoms with van der Waals surface area (Å²) in [5.41, 5.74) is 3.41. The highest BCUT2D eigenvalue weighted by molar-refractivity contribution is 6.42. The fraction of sp³-hybridized carbons (Fsp3) is 0.333. The molecule has 2 aromatic carbocycles. The van der Waals surface area contributed by atoms with Crippen molar-refractivity contribution in [1.29, 1.82) is 0 Å². The Morgan fingerprint density at radius 3 is 2.85 bits per heavy atom. The molecule has 6 heteroatoms. The number of halogens is 2. The van der Waals surface area contributed by atoms with Crippen molar-refractivity contribution in [2.75, 3.05) is 26.2 Å². The van der Waals surface area contributed by atoms with Crippen LogP contribution in [0.4, 0.5) is 0 Å². The number of aromatic nitrogens is 1. The van der Waals surface area contributed by atoms with E-state index in [1.54, 1.807) is 0 Å². The molecule has 3 aromatic rings. The molecule has 1 aliphatic rings. The number of ether oxygens (including phenoxy) is 1. The molecule has 0 amide bonds. The Bertz CT molecular complexity index is 941. The summed E-state index contributed by atoms with van der Waals surface area (Å²) < 4.78 is 5.87. The van der Waals surface area contributed by atoms with Crippen LogP contribution in [0, 0.1) is 0 Å². The van der Waals surface area contributed by atoms with Gasteiger partial charge >= 0.3 is 0 Å². The van der Waals surface area contributed by atoms with E-state index in [0.717, 1.165) is 48.1 Å². The summed E-state index contributed by atoms with van der Waals surface area (Å²) in [6.45, 7) is 2.57. The van der Waals surface area contributed by atoms with Crippen molar-refractivity contribution in [3.05, 3.63) is 63.8 Å². The second-order valence-corrected chi connectivity index (χ2v) is 7.74. The van der Waals surface area contributed by atoms with Crippen LogP contribution in [0.25, 0.3) is 10.9 Å². The zero-order valence-corrected chi connectivity index (χ0v) is 16.4. The third kappa shape index (κ3) is 4.09. The Labute approximate surface area is 168 Å². The molecule has 0 unspecified atom stereocenters. The summed E-state index contributed by atoms with van der Waals surface area (Å²) in [5.74, 6) is 0.789. The molecule has 1 aliphatic heterocycles. The van der Waals surface area contributed by atoms with Gasteiger partial charge in [-0.3, -0.25) is 4.90 Å². The Balaban J connectivity index is 1.34. The summed E-state index contributed by atoms with van der Waals surface area (Å²) in [7, 11) is 0. The van der Waals surface area contributed by atoms with Gasteiger partial charge in [0.25, 0.3) is 0 Å². The molecule has 0 fully saturated rings. The maximum atomic E-state index is 10.5. The first-order valence-electron chi connectivity index (χ1n) is 9.17. The third-order valence-corrected chi connectivity index (χ3v) is 5.97. The topological polar surface area (TPSA) is 48.5 Å². The Hall–Kier alpha value is -1.72. The molecule has 0 bridgehead atoms. The molecule has 2 N–H and O–H groups in total. The average molecular weight is 405 g/mol. The van der Waals surface area contributed by atoms with Gasteiger partial charge in [0.2, 0.25) is 0 Å². The Morgan fingerprint density at radius 2 is 1.96 bits per heavy atom. The molecule has 4 nitrogen and oxygen atoms in total. The van der Waals surface area contributed by atoms with Crippen molar-refractivity contribution < 1.29 is 9.84 Å². The van der Waals surface area contributed by atoms with Crippen LogP contribution < -0.4 is 4.74 Å². The zero-order chi connectivity index (χ0) is 18.8. The van der Waals surface area contributed by atoms with E-state index in [-0.39, 0.29) is 6.61 Å². The van der Waals surface area contributed by atoms with E-state index in [1.807, 2.05) is 36.5 Å². The van der Waals surface area contributed by atoms with Crippen LogP contribution in [0.5, 0.6) is 5.75 Å². The van der Waals surface area contributed by atoms with Crippen molar-refractivity contribution in [3.63, 3.8) is 0 Å². The average Bonchev–Trinajstić information content (AvgIpc) is 3.06. The Morgan fingerprint density at radius 1 is 1.11 bits per heavy atom. The normalized spacial score (nSPS) is 16.1. The molecular formula is C21H22Cl2N2O2. The fourth-order valence-corrected chi connectivity index (χ4v) is 4.16.